The van der Waals surface area contributed by atoms with E-state index in [2.05, 4.69) is 0 Å². The number of carboxylic acid groups (broad SMARTS) is 1. The third-order valence-corrected chi connectivity index (χ3v) is 7.50. The van der Waals surface area contributed by atoms with Gasteiger partial charge in [-0.1, -0.05) is 12.1 Å². The van der Waals surface area contributed by atoms with Crippen molar-refractivity contribution in [3.05, 3.63) is 23.8 Å². The van der Waals surface area contributed by atoms with Crippen LogP contribution >= 0.6 is 0 Å². The standard InChI is InChI=1S/C22H33BN2O5/c1-9-24(20(27)28)18-12-14(2)25(8,15(3)26)19-11-10-16(13-17(18)19)23-29-21(4,5)22(6,7)30-23/h10-11,13-14,18H,9,12H2,1-8H3/p+1/t14-,18?,25+/m0/s1. The number of fused-ring (bicyclic) bond motifs is 1. The molecule has 0 saturated carbocycles. The highest BCUT2D eigenvalue weighted by molar-refractivity contribution is 6.62. The Hall–Kier alpha value is -1.90. The molecule has 0 radical (unpaired) electrons. The highest BCUT2D eigenvalue weighted by atomic mass is 16.7. The van der Waals surface area contributed by atoms with Gasteiger partial charge in [-0.3, -0.25) is 0 Å². The topological polar surface area (TPSA) is 76.1 Å². The maximum Gasteiger partial charge on any atom is 0.494 e. The second-order valence-corrected chi connectivity index (χ2v) is 9.67. The fraction of sp³-hybridized carbons (Fsp3) is 0.636. The van der Waals surface area contributed by atoms with Crippen LogP contribution in [0.1, 0.15) is 66.5 Å². The molecular formula is C22H34BN2O5+. The lowest BCUT2D eigenvalue weighted by Crippen LogP contribution is -2.60. The van der Waals surface area contributed by atoms with Gasteiger partial charge in [0.15, 0.2) is 0 Å². The molecule has 2 aliphatic heterocycles. The highest BCUT2D eigenvalue weighted by Crippen LogP contribution is 2.44. The number of carbonyl (C=O) groups excluding carboxylic acids is 1. The lowest BCUT2D eigenvalue weighted by molar-refractivity contribution is -0.129. The highest BCUT2D eigenvalue weighted by Gasteiger charge is 2.53. The summed E-state index contributed by atoms with van der Waals surface area (Å²) in [5.41, 5.74) is 1.58. The van der Waals surface area contributed by atoms with Crippen LogP contribution in [0.2, 0.25) is 0 Å². The maximum atomic E-state index is 12.7. The fourth-order valence-electron chi connectivity index (χ4n) is 4.55. The summed E-state index contributed by atoms with van der Waals surface area (Å²) in [7, 11) is 1.37. The zero-order valence-electron chi connectivity index (χ0n) is 19.4. The van der Waals surface area contributed by atoms with E-state index in [1.54, 1.807) is 6.92 Å². The van der Waals surface area contributed by atoms with Gasteiger partial charge in [-0.15, -0.1) is 0 Å². The van der Waals surface area contributed by atoms with Crippen molar-refractivity contribution in [2.75, 3.05) is 13.6 Å². The van der Waals surface area contributed by atoms with Gasteiger partial charge in [0, 0.05) is 18.5 Å². The zero-order valence-corrected chi connectivity index (χ0v) is 19.4. The van der Waals surface area contributed by atoms with Crippen molar-refractivity contribution in [3.63, 3.8) is 0 Å². The molecule has 7 nitrogen and oxygen atoms in total. The molecule has 0 aliphatic carbocycles. The monoisotopic (exact) mass is 417 g/mol. The molecule has 0 bridgehead atoms. The lowest BCUT2D eigenvalue weighted by atomic mass is 9.76. The van der Waals surface area contributed by atoms with Crippen LogP contribution in [0.25, 0.3) is 0 Å². The van der Waals surface area contributed by atoms with E-state index in [1.807, 2.05) is 66.8 Å². The number of quaternary nitrogens is 1. The van der Waals surface area contributed by atoms with Crippen LogP contribution in [0.4, 0.5) is 10.5 Å². The molecule has 2 aliphatic rings. The Balaban J connectivity index is 2.14. The predicted molar refractivity (Wildman–Crippen MR) is 118 cm³/mol. The molecule has 8 heteroatoms. The van der Waals surface area contributed by atoms with Crippen LogP contribution in [-0.2, 0) is 14.1 Å². The molecule has 2 amide bonds. The molecule has 3 rings (SSSR count). The number of hydrogen-bond donors (Lipinski definition) is 1. The van der Waals surface area contributed by atoms with Gasteiger partial charge in [0.05, 0.1) is 37.3 Å². The van der Waals surface area contributed by atoms with Crippen molar-refractivity contribution in [1.82, 2.24) is 9.38 Å². The number of amides is 2. The lowest BCUT2D eigenvalue weighted by Gasteiger charge is -2.45. The summed E-state index contributed by atoms with van der Waals surface area (Å²) in [4.78, 5) is 26.1. The van der Waals surface area contributed by atoms with Crippen LogP contribution in [-0.4, -0.2) is 60.0 Å². The minimum atomic E-state index is -0.958. The van der Waals surface area contributed by atoms with Crippen molar-refractivity contribution < 1.29 is 24.0 Å². The van der Waals surface area contributed by atoms with E-state index < -0.39 is 24.4 Å². The molecule has 1 aromatic carbocycles. The summed E-state index contributed by atoms with van der Waals surface area (Å²) in [6.45, 7) is 13.8. The summed E-state index contributed by atoms with van der Waals surface area (Å²) >= 11 is 0. The van der Waals surface area contributed by atoms with Crippen LogP contribution in [0.5, 0.6) is 0 Å². The normalized spacial score (nSPS) is 29.4. The Morgan fingerprint density at radius 1 is 1.23 bits per heavy atom. The SMILES string of the molecule is CCN(C(=O)O)C1C[C@H](C)[N@+](C)(C(C)=O)c2ccc(B3OC(C)(C)C(C)(C)O3)cc21. The average Bonchev–Trinajstić information content (AvgIpc) is 2.86. The van der Waals surface area contributed by atoms with Crippen molar-refractivity contribution in [2.24, 2.45) is 0 Å². The van der Waals surface area contributed by atoms with Crippen LogP contribution in [0.15, 0.2) is 18.2 Å². The van der Waals surface area contributed by atoms with Gasteiger partial charge >= 0.3 is 19.1 Å². The van der Waals surface area contributed by atoms with E-state index in [0.29, 0.717) is 13.0 Å². The van der Waals surface area contributed by atoms with Gasteiger partial charge in [0.2, 0.25) is 0 Å². The second kappa shape index (κ2) is 7.36. The number of rotatable bonds is 3. The number of hydrogen-bond acceptors (Lipinski definition) is 4. The molecule has 1 aromatic rings. The molecule has 2 heterocycles. The number of carbonyl (C=O) groups is 2. The molecule has 30 heavy (non-hydrogen) atoms. The van der Waals surface area contributed by atoms with E-state index in [1.165, 1.54) is 4.90 Å². The van der Waals surface area contributed by atoms with E-state index >= 15 is 0 Å². The Morgan fingerprint density at radius 2 is 1.80 bits per heavy atom. The third kappa shape index (κ3) is 3.35. The summed E-state index contributed by atoms with van der Waals surface area (Å²) in [6, 6.07) is 5.47. The molecule has 164 valence electrons. The number of benzene rings is 1. The summed E-state index contributed by atoms with van der Waals surface area (Å²) < 4.78 is 12.6. The summed E-state index contributed by atoms with van der Waals surface area (Å²) in [5.74, 6) is 0.0314. The smallest absolute Gasteiger partial charge is 0.465 e. The molecular weight excluding hydrogens is 383 g/mol. The van der Waals surface area contributed by atoms with Gasteiger partial charge in [0.1, 0.15) is 5.69 Å². The van der Waals surface area contributed by atoms with Gasteiger partial charge < -0.3 is 19.3 Å². The van der Waals surface area contributed by atoms with E-state index in [4.69, 9.17) is 9.31 Å². The molecule has 0 spiro atoms. The molecule has 1 unspecified atom stereocenters. The summed E-state index contributed by atoms with van der Waals surface area (Å²) in [5, 5.41) is 9.80. The molecule has 0 aromatic heterocycles. The van der Waals surface area contributed by atoms with Crippen molar-refractivity contribution in [3.8, 4) is 0 Å². The largest absolute Gasteiger partial charge is 0.494 e. The van der Waals surface area contributed by atoms with Crippen molar-refractivity contribution in [1.29, 1.82) is 0 Å². The fourth-order valence-corrected chi connectivity index (χ4v) is 4.55. The predicted octanol–water partition coefficient (Wildman–Crippen LogP) is 3.30. The average molecular weight is 417 g/mol. The third-order valence-electron chi connectivity index (χ3n) is 7.50. The molecule has 3 atom stereocenters. The first-order valence-corrected chi connectivity index (χ1v) is 10.6. The van der Waals surface area contributed by atoms with Crippen LogP contribution < -0.4 is 9.95 Å². The Bertz CT molecular complexity index is 855. The van der Waals surface area contributed by atoms with Gasteiger partial charge in [0.25, 0.3) is 0 Å². The quantitative estimate of drug-likeness (QED) is 0.603. The van der Waals surface area contributed by atoms with E-state index in [9.17, 15) is 14.7 Å². The Kier molecular flexibility index (Phi) is 5.59. The molecule has 1 saturated heterocycles. The second-order valence-electron chi connectivity index (χ2n) is 9.67. The maximum absolute atomic E-state index is 12.7. The number of nitrogens with zero attached hydrogens (tertiary/aromatic N) is 2. The van der Waals surface area contributed by atoms with Crippen LogP contribution in [0.3, 0.4) is 0 Å². The Labute approximate surface area is 179 Å². The minimum Gasteiger partial charge on any atom is -0.465 e. The van der Waals surface area contributed by atoms with Crippen molar-refractivity contribution in [2.45, 2.75) is 78.2 Å². The van der Waals surface area contributed by atoms with E-state index in [-0.39, 0.29) is 22.5 Å². The van der Waals surface area contributed by atoms with Crippen LogP contribution in [0, 0.1) is 0 Å². The first-order valence-electron chi connectivity index (χ1n) is 10.6. The zero-order chi connectivity index (χ0) is 22.6. The molecule has 1 N–H and O–H groups in total. The van der Waals surface area contributed by atoms with E-state index in [0.717, 1.165) is 16.7 Å². The Morgan fingerprint density at radius 3 is 2.27 bits per heavy atom. The molecule has 1 fully saturated rings. The minimum absolute atomic E-state index is 0.0314. The van der Waals surface area contributed by atoms with Crippen molar-refractivity contribution >= 4 is 30.3 Å². The summed E-state index contributed by atoms with van der Waals surface area (Å²) in [6.07, 6.45) is -0.392. The first-order chi connectivity index (χ1) is 13.8. The van der Waals surface area contributed by atoms with Gasteiger partial charge in [-0.05, 0) is 53.1 Å². The first kappa shape index (κ1) is 22.8. The van der Waals surface area contributed by atoms with Gasteiger partial charge in [-0.25, -0.2) is 14.1 Å². The van der Waals surface area contributed by atoms with Gasteiger partial charge in [-0.2, -0.15) is 0 Å².